The van der Waals surface area contributed by atoms with Gasteiger partial charge in [0.15, 0.2) is 0 Å². The molecule has 3 rings (SSSR count). The Morgan fingerprint density at radius 2 is 2.12 bits per heavy atom. The van der Waals surface area contributed by atoms with E-state index in [4.69, 9.17) is 4.74 Å². The molecule has 0 aromatic heterocycles. The van der Waals surface area contributed by atoms with Crippen LogP contribution < -0.4 is 10.1 Å². The largest absolute Gasteiger partial charge is 0.496 e. The maximum atomic E-state index is 12.7. The maximum absolute atomic E-state index is 12.7. The van der Waals surface area contributed by atoms with Crippen molar-refractivity contribution in [2.24, 2.45) is 11.3 Å². The number of carbonyl (C=O) groups is 2. The van der Waals surface area contributed by atoms with Gasteiger partial charge >= 0.3 is 12.0 Å². The summed E-state index contributed by atoms with van der Waals surface area (Å²) in [6, 6.07) is 3.59. The molecule has 2 aliphatic rings. The fourth-order valence-corrected chi connectivity index (χ4v) is 4.16. The third-order valence-electron chi connectivity index (χ3n) is 5.55. The third kappa shape index (κ3) is 2.60. The van der Waals surface area contributed by atoms with Crippen molar-refractivity contribution in [1.29, 1.82) is 0 Å². The lowest BCUT2D eigenvalue weighted by Gasteiger charge is -2.23. The molecule has 1 aromatic carbocycles. The number of aryl methyl sites for hydroxylation is 1. The van der Waals surface area contributed by atoms with E-state index in [1.807, 2.05) is 26.0 Å². The highest BCUT2D eigenvalue weighted by Crippen LogP contribution is 2.49. The molecule has 1 aliphatic carbocycles. The van der Waals surface area contributed by atoms with E-state index in [-0.39, 0.29) is 11.9 Å². The Morgan fingerprint density at radius 3 is 2.75 bits per heavy atom. The number of methoxy groups -OCH3 is 1. The Labute approximate surface area is 141 Å². The van der Waals surface area contributed by atoms with Crippen molar-refractivity contribution in [2.75, 3.05) is 25.5 Å². The molecule has 1 aromatic rings. The number of anilines is 1. The zero-order valence-corrected chi connectivity index (χ0v) is 14.4. The van der Waals surface area contributed by atoms with Crippen molar-refractivity contribution >= 4 is 17.7 Å². The van der Waals surface area contributed by atoms with Crippen LogP contribution in [0, 0.1) is 25.2 Å². The van der Waals surface area contributed by atoms with Gasteiger partial charge in [0.05, 0.1) is 12.5 Å². The smallest absolute Gasteiger partial charge is 0.321 e. The number of hydrogen-bond donors (Lipinski definition) is 2. The highest BCUT2D eigenvalue weighted by molar-refractivity contribution is 5.92. The van der Waals surface area contributed by atoms with Gasteiger partial charge in [0, 0.05) is 24.3 Å². The molecule has 2 N–H and O–H groups in total. The highest BCUT2D eigenvalue weighted by atomic mass is 16.5. The molecular weight excluding hydrogens is 308 g/mol. The second kappa shape index (κ2) is 6.00. The zero-order chi connectivity index (χ0) is 17.5. The number of rotatable bonds is 3. The van der Waals surface area contributed by atoms with Crippen molar-refractivity contribution in [1.82, 2.24) is 4.90 Å². The number of urea groups is 1. The maximum Gasteiger partial charge on any atom is 0.321 e. The molecule has 2 atom stereocenters. The van der Waals surface area contributed by atoms with Crippen molar-refractivity contribution in [3.8, 4) is 5.75 Å². The van der Waals surface area contributed by atoms with Gasteiger partial charge in [-0.2, -0.15) is 0 Å². The van der Waals surface area contributed by atoms with Crippen LogP contribution in [0.2, 0.25) is 0 Å². The third-order valence-corrected chi connectivity index (χ3v) is 5.55. The molecule has 1 heterocycles. The summed E-state index contributed by atoms with van der Waals surface area (Å²) >= 11 is 0. The van der Waals surface area contributed by atoms with Crippen molar-refractivity contribution in [3.05, 3.63) is 23.3 Å². The first-order valence-electron chi connectivity index (χ1n) is 8.32. The quantitative estimate of drug-likeness (QED) is 0.892. The van der Waals surface area contributed by atoms with Crippen LogP contribution in [0.1, 0.15) is 30.4 Å². The Balaban J connectivity index is 1.78. The van der Waals surface area contributed by atoms with Crippen LogP contribution in [-0.4, -0.2) is 42.2 Å². The normalized spacial score (nSPS) is 25.5. The first kappa shape index (κ1) is 16.6. The molecule has 1 saturated heterocycles. The van der Waals surface area contributed by atoms with E-state index in [2.05, 4.69) is 5.32 Å². The van der Waals surface area contributed by atoms with Gasteiger partial charge in [-0.1, -0.05) is 6.42 Å². The molecule has 6 nitrogen and oxygen atoms in total. The summed E-state index contributed by atoms with van der Waals surface area (Å²) in [5.41, 5.74) is 1.81. The van der Waals surface area contributed by atoms with Crippen molar-refractivity contribution < 1.29 is 19.4 Å². The van der Waals surface area contributed by atoms with Crippen LogP contribution >= 0.6 is 0 Å². The minimum absolute atomic E-state index is 0.0638. The summed E-state index contributed by atoms with van der Waals surface area (Å²) in [5, 5.41) is 12.6. The van der Waals surface area contributed by atoms with Gasteiger partial charge in [-0.3, -0.25) is 4.79 Å². The average Bonchev–Trinajstić information content (AvgIpc) is 3.08. The van der Waals surface area contributed by atoms with E-state index >= 15 is 0 Å². The van der Waals surface area contributed by atoms with Gasteiger partial charge in [-0.05, 0) is 50.3 Å². The Kier molecular flexibility index (Phi) is 4.15. The van der Waals surface area contributed by atoms with Gasteiger partial charge in [0.25, 0.3) is 0 Å². The van der Waals surface area contributed by atoms with Gasteiger partial charge in [0.2, 0.25) is 0 Å². The second-order valence-corrected chi connectivity index (χ2v) is 7.00. The monoisotopic (exact) mass is 332 g/mol. The molecule has 0 bridgehead atoms. The molecular formula is C18H24N2O4. The molecule has 2 fully saturated rings. The fraction of sp³-hybridized carbons (Fsp3) is 0.556. The SMILES string of the molecule is COc1cc(C)cc(NC(=O)N2C[C@@H]3CCC[C@@]3(C(=O)O)C2)c1C. The predicted molar refractivity (Wildman–Crippen MR) is 90.5 cm³/mol. The zero-order valence-electron chi connectivity index (χ0n) is 14.4. The molecule has 1 aliphatic heterocycles. The van der Waals surface area contributed by atoms with E-state index in [9.17, 15) is 14.7 Å². The summed E-state index contributed by atoms with van der Waals surface area (Å²) in [5.74, 6) is 0.0215. The van der Waals surface area contributed by atoms with Gasteiger partial charge in [0.1, 0.15) is 5.75 Å². The number of carbonyl (C=O) groups excluding carboxylic acids is 1. The Morgan fingerprint density at radius 1 is 1.38 bits per heavy atom. The minimum atomic E-state index is -0.770. The van der Waals surface area contributed by atoms with Crippen LogP contribution in [0.4, 0.5) is 10.5 Å². The topological polar surface area (TPSA) is 78.9 Å². The summed E-state index contributed by atoms with van der Waals surface area (Å²) in [7, 11) is 1.60. The van der Waals surface area contributed by atoms with Gasteiger partial charge in [-0.15, -0.1) is 0 Å². The molecule has 6 heteroatoms. The van der Waals surface area contributed by atoms with Crippen LogP contribution in [0.3, 0.4) is 0 Å². The molecule has 0 unspecified atom stereocenters. The van der Waals surface area contributed by atoms with E-state index in [1.165, 1.54) is 0 Å². The van der Waals surface area contributed by atoms with Crippen LogP contribution in [-0.2, 0) is 4.79 Å². The number of carboxylic acids is 1. The predicted octanol–water partition coefficient (Wildman–Crippen LogP) is 3.03. The van der Waals surface area contributed by atoms with Crippen LogP contribution in [0.5, 0.6) is 5.75 Å². The summed E-state index contributed by atoms with van der Waals surface area (Å²) < 4.78 is 5.34. The summed E-state index contributed by atoms with van der Waals surface area (Å²) in [6.07, 6.45) is 2.47. The molecule has 0 spiro atoms. The van der Waals surface area contributed by atoms with Gasteiger partial charge < -0.3 is 20.1 Å². The first-order chi connectivity index (χ1) is 11.4. The Bertz CT molecular complexity index is 688. The molecule has 0 radical (unpaired) electrons. The number of hydrogen-bond acceptors (Lipinski definition) is 3. The number of benzene rings is 1. The molecule has 130 valence electrons. The van der Waals surface area contributed by atoms with E-state index in [0.717, 1.165) is 29.7 Å². The van der Waals surface area contributed by atoms with E-state index in [1.54, 1.807) is 12.0 Å². The molecule has 2 amide bonds. The van der Waals surface area contributed by atoms with Crippen molar-refractivity contribution in [3.63, 3.8) is 0 Å². The van der Waals surface area contributed by atoms with Crippen LogP contribution in [0.25, 0.3) is 0 Å². The second-order valence-electron chi connectivity index (χ2n) is 7.00. The molecule has 24 heavy (non-hydrogen) atoms. The number of fused-ring (bicyclic) bond motifs is 1. The lowest BCUT2D eigenvalue weighted by molar-refractivity contribution is -0.149. The lowest BCUT2D eigenvalue weighted by atomic mass is 9.81. The minimum Gasteiger partial charge on any atom is -0.496 e. The first-order valence-corrected chi connectivity index (χ1v) is 8.32. The van der Waals surface area contributed by atoms with Crippen LogP contribution in [0.15, 0.2) is 12.1 Å². The molecule has 1 saturated carbocycles. The highest BCUT2D eigenvalue weighted by Gasteiger charge is 2.55. The average molecular weight is 332 g/mol. The number of amides is 2. The summed E-state index contributed by atoms with van der Waals surface area (Å²) in [4.78, 5) is 26.0. The fourth-order valence-electron chi connectivity index (χ4n) is 4.16. The van der Waals surface area contributed by atoms with Crippen molar-refractivity contribution in [2.45, 2.75) is 33.1 Å². The number of nitrogens with zero attached hydrogens (tertiary/aromatic N) is 1. The number of carboxylic acid groups (broad SMARTS) is 1. The standard InChI is InChI=1S/C18H24N2O4/c1-11-7-14(12(2)15(8-11)24-3)19-17(23)20-9-13-5-4-6-18(13,10-20)16(21)22/h7-8,13H,4-6,9-10H2,1-3H3,(H,19,23)(H,21,22)/t13-,18+/m0/s1. The van der Waals surface area contributed by atoms with Gasteiger partial charge in [-0.25, -0.2) is 4.79 Å². The summed E-state index contributed by atoms with van der Waals surface area (Å²) in [6.45, 7) is 4.64. The number of nitrogens with one attached hydrogen (secondary N) is 1. The number of likely N-dealkylation sites (tertiary alicyclic amines) is 1. The lowest BCUT2D eigenvalue weighted by Crippen LogP contribution is -2.38. The van der Waals surface area contributed by atoms with E-state index in [0.29, 0.717) is 25.2 Å². The van der Waals surface area contributed by atoms with E-state index < -0.39 is 11.4 Å². The Hall–Kier alpha value is -2.24. The number of ether oxygens (including phenoxy) is 1. The number of aliphatic carboxylic acids is 1.